The maximum Gasteiger partial charge on any atom is 0.192 e. The van der Waals surface area contributed by atoms with Crippen molar-refractivity contribution in [1.82, 2.24) is 29.6 Å². The zero-order valence-corrected chi connectivity index (χ0v) is 14.6. The maximum atomic E-state index is 6.06. The zero-order chi connectivity index (χ0) is 17.7. The third kappa shape index (κ3) is 2.27. The SMILES string of the molecule is Cc1ccc(-n2cc(-c3ccc(Cl)cc3)c3c2ncn2nnnc32)cc1. The van der Waals surface area contributed by atoms with Gasteiger partial charge in [-0.3, -0.25) is 0 Å². The van der Waals surface area contributed by atoms with Crippen LogP contribution in [-0.2, 0) is 0 Å². The largest absolute Gasteiger partial charge is 0.301 e. The summed E-state index contributed by atoms with van der Waals surface area (Å²) in [4.78, 5) is 4.60. The van der Waals surface area contributed by atoms with Crippen molar-refractivity contribution in [2.75, 3.05) is 0 Å². The van der Waals surface area contributed by atoms with Crippen LogP contribution < -0.4 is 0 Å². The molecule has 0 bridgehead atoms. The van der Waals surface area contributed by atoms with Crippen molar-refractivity contribution in [1.29, 1.82) is 0 Å². The zero-order valence-electron chi connectivity index (χ0n) is 13.8. The Balaban J connectivity index is 1.87. The van der Waals surface area contributed by atoms with E-state index in [1.807, 2.05) is 24.3 Å². The predicted molar refractivity (Wildman–Crippen MR) is 101 cm³/mol. The summed E-state index contributed by atoms with van der Waals surface area (Å²) in [5, 5.41) is 13.6. The minimum absolute atomic E-state index is 0.672. The number of halogens is 1. The lowest BCUT2D eigenvalue weighted by Crippen LogP contribution is -1.96. The molecular weight excluding hydrogens is 348 g/mol. The normalized spacial score (nSPS) is 11.5. The fraction of sp³-hybridized carbons (Fsp3) is 0.0526. The average Bonchev–Trinajstić information content (AvgIpc) is 3.27. The van der Waals surface area contributed by atoms with Crippen molar-refractivity contribution in [3.63, 3.8) is 0 Å². The lowest BCUT2D eigenvalue weighted by molar-refractivity contribution is 0.811. The quantitative estimate of drug-likeness (QED) is 0.475. The Morgan fingerprint density at radius 3 is 2.46 bits per heavy atom. The van der Waals surface area contributed by atoms with E-state index >= 15 is 0 Å². The molecule has 3 heterocycles. The molecule has 5 aromatic rings. The summed E-state index contributed by atoms with van der Waals surface area (Å²) in [6, 6.07) is 16.1. The molecule has 2 aromatic carbocycles. The van der Waals surface area contributed by atoms with Crippen LogP contribution in [0.3, 0.4) is 0 Å². The smallest absolute Gasteiger partial charge is 0.192 e. The number of tetrazole rings is 1. The first kappa shape index (κ1) is 15.0. The second-order valence-electron chi connectivity index (χ2n) is 6.15. The van der Waals surface area contributed by atoms with E-state index in [0.717, 1.165) is 27.8 Å². The molecule has 0 saturated heterocycles. The molecule has 0 radical (unpaired) electrons. The molecule has 0 aliphatic carbocycles. The van der Waals surface area contributed by atoms with Crippen molar-refractivity contribution < 1.29 is 0 Å². The van der Waals surface area contributed by atoms with E-state index in [9.17, 15) is 0 Å². The Kier molecular flexibility index (Phi) is 3.26. The average molecular weight is 361 g/mol. The van der Waals surface area contributed by atoms with Crippen molar-refractivity contribution >= 4 is 28.3 Å². The van der Waals surface area contributed by atoms with E-state index in [2.05, 4.69) is 62.5 Å². The molecule has 0 aliphatic heterocycles. The Bertz CT molecular complexity index is 1240. The summed E-state index contributed by atoms with van der Waals surface area (Å²) < 4.78 is 3.65. The van der Waals surface area contributed by atoms with E-state index < -0.39 is 0 Å². The van der Waals surface area contributed by atoms with Gasteiger partial charge in [-0.15, -0.1) is 5.10 Å². The van der Waals surface area contributed by atoms with Gasteiger partial charge in [0.05, 0.1) is 5.39 Å². The van der Waals surface area contributed by atoms with Gasteiger partial charge in [-0.05, 0) is 47.2 Å². The maximum absolute atomic E-state index is 6.06. The number of benzene rings is 2. The van der Waals surface area contributed by atoms with Gasteiger partial charge in [0.25, 0.3) is 0 Å². The van der Waals surface area contributed by atoms with Crippen LogP contribution in [0.2, 0.25) is 5.02 Å². The third-order valence-electron chi connectivity index (χ3n) is 4.45. The van der Waals surface area contributed by atoms with Gasteiger partial charge in [-0.1, -0.05) is 41.4 Å². The van der Waals surface area contributed by atoms with Crippen LogP contribution >= 0.6 is 11.6 Å². The molecule has 26 heavy (non-hydrogen) atoms. The molecule has 3 aromatic heterocycles. The summed E-state index contributed by atoms with van der Waals surface area (Å²) in [5.74, 6) is 0. The number of aromatic nitrogens is 6. The first-order valence-corrected chi connectivity index (χ1v) is 8.49. The van der Waals surface area contributed by atoms with Gasteiger partial charge in [0, 0.05) is 22.5 Å². The fourth-order valence-electron chi connectivity index (χ4n) is 3.14. The van der Waals surface area contributed by atoms with Crippen LogP contribution in [0.4, 0.5) is 0 Å². The highest BCUT2D eigenvalue weighted by molar-refractivity contribution is 6.30. The Morgan fingerprint density at radius 1 is 0.923 bits per heavy atom. The van der Waals surface area contributed by atoms with Crippen molar-refractivity contribution in [3.8, 4) is 16.8 Å². The van der Waals surface area contributed by atoms with Crippen LogP contribution in [0.25, 0.3) is 33.5 Å². The van der Waals surface area contributed by atoms with Gasteiger partial charge in [-0.2, -0.15) is 4.52 Å². The molecule has 0 fully saturated rings. The van der Waals surface area contributed by atoms with Crippen molar-refractivity contribution in [3.05, 3.63) is 71.6 Å². The summed E-state index contributed by atoms with van der Waals surface area (Å²) >= 11 is 6.06. The Labute approximate surface area is 153 Å². The molecular formula is C19H13ClN6. The molecule has 5 rings (SSSR count). The number of aryl methyl sites for hydroxylation is 1. The van der Waals surface area contributed by atoms with Gasteiger partial charge in [0.15, 0.2) is 11.3 Å². The second-order valence-corrected chi connectivity index (χ2v) is 6.58. The molecule has 7 heteroatoms. The number of fused-ring (bicyclic) bond motifs is 3. The van der Waals surface area contributed by atoms with Gasteiger partial charge in [-0.25, -0.2) is 4.98 Å². The Morgan fingerprint density at radius 2 is 1.69 bits per heavy atom. The molecule has 0 atom stereocenters. The summed E-state index contributed by atoms with van der Waals surface area (Å²) in [7, 11) is 0. The lowest BCUT2D eigenvalue weighted by atomic mass is 10.1. The third-order valence-corrected chi connectivity index (χ3v) is 4.70. The number of hydrogen-bond acceptors (Lipinski definition) is 4. The minimum atomic E-state index is 0.672. The van der Waals surface area contributed by atoms with Crippen LogP contribution in [0, 0.1) is 6.92 Å². The van der Waals surface area contributed by atoms with Crippen LogP contribution in [0.1, 0.15) is 5.56 Å². The number of hydrogen-bond donors (Lipinski definition) is 0. The summed E-state index contributed by atoms with van der Waals surface area (Å²) in [6.07, 6.45) is 3.70. The summed E-state index contributed by atoms with van der Waals surface area (Å²) in [5.41, 5.74) is 5.76. The lowest BCUT2D eigenvalue weighted by Gasteiger charge is -2.04. The highest BCUT2D eigenvalue weighted by atomic mass is 35.5. The highest BCUT2D eigenvalue weighted by Gasteiger charge is 2.17. The van der Waals surface area contributed by atoms with Crippen molar-refractivity contribution in [2.45, 2.75) is 6.92 Å². The molecule has 0 amide bonds. The van der Waals surface area contributed by atoms with E-state index in [1.54, 1.807) is 10.8 Å². The first-order chi connectivity index (χ1) is 12.7. The van der Waals surface area contributed by atoms with Gasteiger partial charge < -0.3 is 4.57 Å². The van der Waals surface area contributed by atoms with E-state index in [4.69, 9.17) is 11.6 Å². The molecule has 0 N–H and O–H groups in total. The van der Waals surface area contributed by atoms with Gasteiger partial charge >= 0.3 is 0 Å². The van der Waals surface area contributed by atoms with Crippen molar-refractivity contribution in [2.24, 2.45) is 0 Å². The molecule has 0 saturated carbocycles. The summed E-state index contributed by atoms with van der Waals surface area (Å²) in [6.45, 7) is 2.07. The standard InChI is InChI=1S/C19H13ClN6/c1-12-2-8-15(9-3-12)25-10-16(13-4-6-14(20)7-5-13)17-18(25)21-11-26-19(17)22-23-24-26/h2-11H,1H3. The van der Waals surface area contributed by atoms with Crippen LogP contribution in [0.15, 0.2) is 61.1 Å². The molecule has 0 spiro atoms. The molecule has 0 unspecified atom stereocenters. The predicted octanol–water partition coefficient (Wildman–Crippen LogP) is 4.09. The molecule has 0 aliphatic rings. The van der Waals surface area contributed by atoms with Gasteiger partial charge in [0.1, 0.15) is 6.33 Å². The first-order valence-electron chi connectivity index (χ1n) is 8.11. The van der Waals surface area contributed by atoms with Crippen LogP contribution in [0.5, 0.6) is 0 Å². The number of rotatable bonds is 2. The van der Waals surface area contributed by atoms with E-state index in [1.165, 1.54) is 5.56 Å². The van der Waals surface area contributed by atoms with E-state index in [0.29, 0.717) is 10.7 Å². The number of nitrogens with zero attached hydrogens (tertiary/aromatic N) is 6. The highest BCUT2D eigenvalue weighted by Crippen LogP contribution is 2.34. The minimum Gasteiger partial charge on any atom is -0.301 e. The molecule has 6 nitrogen and oxygen atoms in total. The van der Waals surface area contributed by atoms with Gasteiger partial charge in [0.2, 0.25) is 0 Å². The monoisotopic (exact) mass is 360 g/mol. The molecule has 126 valence electrons. The van der Waals surface area contributed by atoms with Crippen LogP contribution in [-0.4, -0.2) is 29.6 Å². The fourth-order valence-corrected chi connectivity index (χ4v) is 3.26. The van der Waals surface area contributed by atoms with E-state index in [-0.39, 0.29) is 0 Å². The second kappa shape index (κ2) is 5.64. The topological polar surface area (TPSA) is 60.9 Å². The Hall–Kier alpha value is -3.25.